The molecule has 1 fully saturated rings. The van der Waals surface area contributed by atoms with Crippen molar-refractivity contribution in [2.75, 3.05) is 23.8 Å². The summed E-state index contributed by atoms with van der Waals surface area (Å²) in [7, 11) is 1.83. The number of rotatable bonds is 3. The summed E-state index contributed by atoms with van der Waals surface area (Å²) in [6.45, 7) is 0.890. The highest BCUT2D eigenvalue weighted by Gasteiger charge is 2.28. The van der Waals surface area contributed by atoms with Crippen molar-refractivity contribution in [2.45, 2.75) is 12.5 Å². The molecule has 1 aromatic carbocycles. The molecule has 1 aliphatic heterocycles. The van der Waals surface area contributed by atoms with Crippen LogP contribution in [0, 0.1) is 11.3 Å². The van der Waals surface area contributed by atoms with Crippen LogP contribution in [-0.2, 0) is 0 Å². The van der Waals surface area contributed by atoms with E-state index in [-0.39, 0.29) is 6.04 Å². The monoisotopic (exact) mass is 356 g/mol. The number of aromatic nitrogens is 3. The van der Waals surface area contributed by atoms with Crippen LogP contribution in [0.2, 0.25) is 0 Å². The van der Waals surface area contributed by atoms with Gasteiger partial charge in [-0.2, -0.15) is 5.26 Å². The second kappa shape index (κ2) is 5.95. The molecule has 132 valence electrons. The van der Waals surface area contributed by atoms with Gasteiger partial charge in [-0.1, -0.05) is 0 Å². The fraction of sp³-hybridized carbons (Fsp3) is 0.200. The average Bonchev–Trinajstić information content (AvgIpc) is 3.10. The van der Waals surface area contributed by atoms with Crippen molar-refractivity contribution < 1.29 is 4.42 Å². The van der Waals surface area contributed by atoms with Crippen LogP contribution in [0.4, 0.5) is 11.5 Å². The summed E-state index contributed by atoms with van der Waals surface area (Å²) < 4.78 is 6.00. The molecule has 0 amide bonds. The van der Waals surface area contributed by atoms with Gasteiger partial charge in [-0.15, -0.1) is 0 Å². The minimum absolute atomic E-state index is 0.0523. The van der Waals surface area contributed by atoms with Crippen LogP contribution in [0.25, 0.3) is 33.3 Å². The maximum Gasteiger partial charge on any atom is 0.229 e. The Morgan fingerprint density at radius 1 is 1.26 bits per heavy atom. The maximum absolute atomic E-state index is 9.18. The fourth-order valence-corrected chi connectivity index (χ4v) is 3.50. The summed E-state index contributed by atoms with van der Waals surface area (Å²) in [5.74, 6) is 1.29. The van der Waals surface area contributed by atoms with Crippen LogP contribution in [0.1, 0.15) is 6.42 Å². The van der Waals surface area contributed by atoms with E-state index >= 15 is 0 Å². The number of nitriles is 1. The molecule has 0 radical (unpaired) electrons. The molecule has 0 spiro atoms. The zero-order chi connectivity index (χ0) is 18.4. The first-order valence-corrected chi connectivity index (χ1v) is 8.76. The first-order chi connectivity index (χ1) is 13.3. The lowest BCUT2D eigenvalue weighted by molar-refractivity contribution is 0.531. The maximum atomic E-state index is 9.18. The number of benzene rings is 1. The third-order valence-corrected chi connectivity index (χ3v) is 5.03. The van der Waals surface area contributed by atoms with Crippen LogP contribution < -0.4 is 10.2 Å². The number of hydrogen-bond donors (Lipinski definition) is 1. The second-order valence-electron chi connectivity index (χ2n) is 6.49. The Bertz CT molecular complexity index is 1210. The van der Waals surface area contributed by atoms with Crippen molar-refractivity contribution in [2.24, 2.45) is 0 Å². The summed E-state index contributed by atoms with van der Waals surface area (Å²) >= 11 is 0. The van der Waals surface area contributed by atoms with Crippen LogP contribution >= 0.6 is 0 Å². The van der Waals surface area contributed by atoms with Gasteiger partial charge in [0.1, 0.15) is 17.4 Å². The van der Waals surface area contributed by atoms with E-state index in [0.717, 1.165) is 46.3 Å². The van der Waals surface area contributed by atoms with E-state index in [0.29, 0.717) is 11.5 Å². The van der Waals surface area contributed by atoms with E-state index in [4.69, 9.17) is 4.42 Å². The highest BCUT2D eigenvalue weighted by atomic mass is 16.3. The van der Waals surface area contributed by atoms with Crippen LogP contribution in [0.5, 0.6) is 0 Å². The van der Waals surface area contributed by atoms with Gasteiger partial charge in [0.05, 0.1) is 11.6 Å². The van der Waals surface area contributed by atoms with Crippen molar-refractivity contribution in [1.82, 2.24) is 15.0 Å². The molecule has 1 N–H and O–H groups in total. The minimum Gasteiger partial charge on any atom is -0.436 e. The number of oxazole rings is 1. The summed E-state index contributed by atoms with van der Waals surface area (Å²) in [6, 6.07) is 10.1. The molecule has 0 saturated carbocycles. The first-order valence-electron chi connectivity index (χ1n) is 8.76. The van der Waals surface area contributed by atoms with Crippen molar-refractivity contribution >= 4 is 33.4 Å². The van der Waals surface area contributed by atoms with Gasteiger partial charge in [0.25, 0.3) is 0 Å². The van der Waals surface area contributed by atoms with E-state index in [9.17, 15) is 5.26 Å². The lowest BCUT2D eigenvalue weighted by atomic mass is 10.0. The Kier molecular flexibility index (Phi) is 3.44. The summed E-state index contributed by atoms with van der Waals surface area (Å²) in [5, 5.41) is 14.2. The average molecular weight is 356 g/mol. The van der Waals surface area contributed by atoms with Gasteiger partial charge in [0, 0.05) is 48.6 Å². The Balaban J connectivity index is 1.62. The van der Waals surface area contributed by atoms with E-state index in [1.807, 2.05) is 31.3 Å². The zero-order valence-electron chi connectivity index (χ0n) is 14.7. The number of anilines is 2. The van der Waals surface area contributed by atoms with Crippen molar-refractivity contribution in [3.63, 3.8) is 0 Å². The van der Waals surface area contributed by atoms with Crippen molar-refractivity contribution in [3.8, 4) is 17.5 Å². The third kappa shape index (κ3) is 2.38. The van der Waals surface area contributed by atoms with Crippen molar-refractivity contribution in [3.05, 3.63) is 42.9 Å². The highest BCUT2D eigenvalue weighted by Crippen LogP contribution is 2.34. The van der Waals surface area contributed by atoms with Gasteiger partial charge in [-0.25, -0.2) is 9.97 Å². The Hall–Kier alpha value is -3.66. The van der Waals surface area contributed by atoms with Gasteiger partial charge >= 0.3 is 0 Å². The number of nitrogens with one attached hydrogen (secondary N) is 1. The highest BCUT2D eigenvalue weighted by molar-refractivity contribution is 6.00. The van der Waals surface area contributed by atoms with Gasteiger partial charge in [0.2, 0.25) is 5.89 Å². The van der Waals surface area contributed by atoms with Crippen LogP contribution in [0.15, 0.2) is 47.3 Å². The predicted molar refractivity (Wildman–Crippen MR) is 103 cm³/mol. The Labute approximate surface area is 155 Å². The normalized spacial score (nSPS) is 16.3. The molecule has 0 aliphatic carbocycles. The molecule has 7 heteroatoms. The molecular formula is C20H16N6O. The Morgan fingerprint density at radius 3 is 2.96 bits per heavy atom. The van der Waals surface area contributed by atoms with E-state index in [1.165, 1.54) is 0 Å². The van der Waals surface area contributed by atoms with E-state index in [2.05, 4.69) is 31.2 Å². The summed E-state index contributed by atoms with van der Waals surface area (Å²) in [4.78, 5) is 15.4. The molecule has 3 aromatic heterocycles. The lowest BCUT2D eigenvalue weighted by Gasteiger charge is -2.38. The molecular weight excluding hydrogens is 340 g/mol. The molecule has 4 heterocycles. The topological polar surface area (TPSA) is 90.9 Å². The molecule has 1 aliphatic rings. The Morgan fingerprint density at radius 2 is 2.19 bits per heavy atom. The molecule has 7 nitrogen and oxygen atoms in total. The lowest BCUT2D eigenvalue weighted by Crippen LogP contribution is -2.46. The third-order valence-electron chi connectivity index (χ3n) is 5.03. The van der Waals surface area contributed by atoms with Gasteiger partial charge in [-0.3, -0.25) is 4.98 Å². The van der Waals surface area contributed by atoms with Crippen LogP contribution in [-0.4, -0.2) is 34.6 Å². The summed E-state index contributed by atoms with van der Waals surface area (Å²) in [5.41, 5.74) is 3.30. The number of hydrogen-bond acceptors (Lipinski definition) is 7. The minimum atomic E-state index is -0.0523. The predicted octanol–water partition coefficient (Wildman–Crippen LogP) is 3.58. The molecule has 0 bridgehead atoms. The standard InChI is InChI=1S/C20H16N6O/c1-22-19-15-10-23-6-4-14(15)16(11-24-19)20-25-17-8-12(2-3-18(17)27-20)26-7-5-13(26)9-21/h2-4,6,8,10-11,13H,5,7H2,1H3,(H,22,24). The van der Waals surface area contributed by atoms with Crippen molar-refractivity contribution in [1.29, 1.82) is 5.26 Å². The largest absolute Gasteiger partial charge is 0.436 e. The molecule has 5 rings (SSSR count). The first kappa shape index (κ1) is 15.6. The smallest absolute Gasteiger partial charge is 0.229 e. The van der Waals surface area contributed by atoms with E-state index in [1.54, 1.807) is 18.6 Å². The van der Waals surface area contributed by atoms with Gasteiger partial charge in [0.15, 0.2) is 5.58 Å². The quantitative estimate of drug-likeness (QED) is 0.600. The van der Waals surface area contributed by atoms with Gasteiger partial charge in [-0.05, 0) is 30.7 Å². The number of fused-ring (bicyclic) bond motifs is 2. The molecule has 1 saturated heterocycles. The molecule has 4 aromatic rings. The van der Waals surface area contributed by atoms with Crippen LogP contribution in [0.3, 0.4) is 0 Å². The zero-order valence-corrected chi connectivity index (χ0v) is 14.7. The molecule has 1 atom stereocenters. The molecule has 1 unspecified atom stereocenters. The SMILES string of the molecule is CNc1ncc(-c2nc3cc(N4CCC4C#N)ccc3o2)c2ccncc12. The van der Waals surface area contributed by atoms with E-state index < -0.39 is 0 Å². The second-order valence-corrected chi connectivity index (χ2v) is 6.49. The van der Waals surface area contributed by atoms with Gasteiger partial charge < -0.3 is 14.6 Å². The number of pyridine rings is 2. The number of nitrogens with zero attached hydrogens (tertiary/aromatic N) is 5. The molecule has 27 heavy (non-hydrogen) atoms. The summed E-state index contributed by atoms with van der Waals surface area (Å²) in [6.07, 6.45) is 6.20. The fourth-order valence-electron chi connectivity index (χ4n) is 3.50.